The smallest absolute Gasteiger partial charge is 0.139 e. The largest absolute Gasteiger partial charge is 0.491 e. The van der Waals surface area contributed by atoms with Gasteiger partial charge in [0.05, 0.1) is 5.02 Å². The summed E-state index contributed by atoms with van der Waals surface area (Å²) in [4.78, 5) is 1.32. The first kappa shape index (κ1) is 13.7. The summed E-state index contributed by atoms with van der Waals surface area (Å²) in [5.74, 6) is 0.627. The van der Waals surface area contributed by atoms with Gasteiger partial charge in [-0.25, -0.2) is 0 Å². The molecule has 96 valence electrons. The van der Waals surface area contributed by atoms with Gasteiger partial charge in [-0.05, 0) is 23.6 Å². The van der Waals surface area contributed by atoms with Crippen LogP contribution in [0.1, 0.15) is 4.88 Å². The number of hydrogen-bond acceptors (Lipinski definition) is 3. The molecule has 1 heterocycles. The molecule has 5 heteroatoms. The molecule has 2 aromatic rings. The van der Waals surface area contributed by atoms with Crippen LogP contribution in [0.2, 0.25) is 10.0 Å². The van der Waals surface area contributed by atoms with Gasteiger partial charge >= 0.3 is 0 Å². The molecule has 0 radical (unpaired) electrons. The maximum absolute atomic E-state index is 6.01. The van der Waals surface area contributed by atoms with Crippen molar-refractivity contribution < 1.29 is 4.74 Å². The zero-order valence-corrected chi connectivity index (χ0v) is 12.0. The zero-order chi connectivity index (χ0) is 12.8. The molecule has 0 aliphatic carbocycles. The SMILES string of the molecule is Clc1cccc(OCCNCc2cccs2)c1Cl. The topological polar surface area (TPSA) is 21.3 Å². The minimum Gasteiger partial charge on any atom is -0.491 e. The Hall–Kier alpha value is -0.740. The highest BCUT2D eigenvalue weighted by Gasteiger charge is 2.04. The highest BCUT2D eigenvalue weighted by molar-refractivity contribution is 7.09. The van der Waals surface area contributed by atoms with Crippen molar-refractivity contribution in [2.75, 3.05) is 13.2 Å². The van der Waals surface area contributed by atoms with E-state index in [2.05, 4.69) is 16.8 Å². The molecule has 0 amide bonds. The van der Waals surface area contributed by atoms with Crippen molar-refractivity contribution in [2.24, 2.45) is 0 Å². The Labute approximate surface area is 120 Å². The quantitative estimate of drug-likeness (QED) is 0.807. The number of thiophene rings is 1. The summed E-state index contributed by atoms with van der Waals surface area (Å²) in [6.45, 7) is 2.19. The predicted octanol–water partition coefficient (Wildman–Crippen LogP) is 4.22. The van der Waals surface area contributed by atoms with Crippen LogP contribution in [-0.4, -0.2) is 13.2 Å². The number of halogens is 2. The lowest BCUT2D eigenvalue weighted by Gasteiger charge is -2.09. The summed E-state index contributed by atoms with van der Waals surface area (Å²) in [5.41, 5.74) is 0. The van der Waals surface area contributed by atoms with Crippen LogP contribution >= 0.6 is 34.5 Å². The molecule has 0 unspecified atom stereocenters. The van der Waals surface area contributed by atoms with Crippen molar-refractivity contribution >= 4 is 34.5 Å². The van der Waals surface area contributed by atoms with Gasteiger partial charge in [-0.3, -0.25) is 0 Å². The number of hydrogen-bond donors (Lipinski definition) is 1. The monoisotopic (exact) mass is 301 g/mol. The third-order valence-corrected chi connectivity index (χ3v) is 4.01. The van der Waals surface area contributed by atoms with Crippen LogP contribution in [0, 0.1) is 0 Å². The first-order chi connectivity index (χ1) is 8.77. The average molecular weight is 302 g/mol. The normalized spacial score (nSPS) is 10.6. The zero-order valence-electron chi connectivity index (χ0n) is 9.66. The molecular weight excluding hydrogens is 289 g/mol. The summed E-state index contributed by atoms with van der Waals surface area (Å²) in [6.07, 6.45) is 0. The van der Waals surface area contributed by atoms with Crippen molar-refractivity contribution in [1.29, 1.82) is 0 Å². The summed E-state index contributed by atoms with van der Waals surface area (Å²) < 4.78 is 5.56. The Morgan fingerprint density at radius 3 is 2.83 bits per heavy atom. The first-order valence-corrected chi connectivity index (χ1v) is 7.21. The number of benzene rings is 1. The lowest BCUT2D eigenvalue weighted by Crippen LogP contribution is -2.20. The van der Waals surface area contributed by atoms with Gasteiger partial charge in [-0.15, -0.1) is 11.3 Å². The lowest BCUT2D eigenvalue weighted by atomic mass is 10.3. The van der Waals surface area contributed by atoms with Gasteiger partial charge < -0.3 is 10.1 Å². The summed E-state index contributed by atoms with van der Waals surface area (Å²) in [7, 11) is 0. The Bertz CT molecular complexity index is 488. The van der Waals surface area contributed by atoms with Crippen molar-refractivity contribution in [1.82, 2.24) is 5.32 Å². The van der Waals surface area contributed by atoms with E-state index in [0.717, 1.165) is 13.1 Å². The Balaban J connectivity index is 1.70. The first-order valence-electron chi connectivity index (χ1n) is 5.57. The second-order valence-electron chi connectivity index (χ2n) is 3.66. The molecule has 1 aromatic carbocycles. The number of nitrogens with one attached hydrogen (secondary N) is 1. The maximum Gasteiger partial charge on any atom is 0.139 e. The molecule has 0 aliphatic heterocycles. The van der Waals surface area contributed by atoms with Gasteiger partial charge in [0.25, 0.3) is 0 Å². The van der Waals surface area contributed by atoms with Gasteiger partial charge in [0.2, 0.25) is 0 Å². The van der Waals surface area contributed by atoms with Crippen LogP contribution in [0.5, 0.6) is 5.75 Å². The average Bonchev–Trinajstić information content (AvgIpc) is 2.87. The molecule has 0 bridgehead atoms. The molecule has 2 nitrogen and oxygen atoms in total. The highest BCUT2D eigenvalue weighted by atomic mass is 35.5. The van der Waals surface area contributed by atoms with E-state index in [1.54, 1.807) is 17.4 Å². The fourth-order valence-corrected chi connectivity index (χ4v) is 2.47. The van der Waals surface area contributed by atoms with Crippen molar-refractivity contribution in [3.05, 3.63) is 50.6 Å². The Kier molecular flexibility index (Phi) is 5.32. The van der Waals surface area contributed by atoms with Crippen LogP contribution in [-0.2, 0) is 6.54 Å². The second-order valence-corrected chi connectivity index (χ2v) is 5.47. The summed E-state index contributed by atoms with van der Waals surface area (Å²) in [6, 6.07) is 9.53. The molecule has 0 saturated carbocycles. The van der Waals surface area contributed by atoms with Crippen LogP contribution in [0.15, 0.2) is 35.7 Å². The van der Waals surface area contributed by atoms with Gasteiger partial charge in [-0.1, -0.05) is 35.3 Å². The molecule has 0 fully saturated rings. The molecule has 18 heavy (non-hydrogen) atoms. The third kappa shape index (κ3) is 3.89. The number of ether oxygens (including phenoxy) is 1. The predicted molar refractivity (Wildman–Crippen MR) is 78.0 cm³/mol. The molecule has 1 N–H and O–H groups in total. The molecule has 0 atom stereocenters. The molecule has 0 saturated heterocycles. The van der Waals surface area contributed by atoms with Crippen LogP contribution in [0.4, 0.5) is 0 Å². The fraction of sp³-hybridized carbons (Fsp3) is 0.231. The van der Waals surface area contributed by atoms with E-state index >= 15 is 0 Å². The second kappa shape index (κ2) is 7.00. The van der Waals surface area contributed by atoms with Gasteiger partial charge in [-0.2, -0.15) is 0 Å². The Morgan fingerprint density at radius 1 is 1.17 bits per heavy atom. The van der Waals surface area contributed by atoms with Gasteiger partial charge in [0.1, 0.15) is 17.4 Å². The maximum atomic E-state index is 6.01. The summed E-state index contributed by atoms with van der Waals surface area (Å²) in [5, 5.41) is 6.35. The van der Waals surface area contributed by atoms with E-state index in [9.17, 15) is 0 Å². The molecular formula is C13H13Cl2NOS. The van der Waals surface area contributed by atoms with E-state index in [4.69, 9.17) is 27.9 Å². The van der Waals surface area contributed by atoms with Gasteiger partial charge in [0.15, 0.2) is 0 Å². The lowest BCUT2D eigenvalue weighted by molar-refractivity contribution is 0.314. The van der Waals surface area contributed by atoms with E-state index < -0.39 is 0 Å². The Morgan fingerprint density at radius 2 is 2.06 bits per heavy atom. The van der Waals surface area contributed by atoms with E-state index in [-0.39, 0.29) is 0 Å². The van der Waals surface area contributed by atoms with Crippen LogP contribution in [0.25, 0.3) is 0 Å². The van der Waals surface area contributed by atoms with Crippen molar-refractivity contribution in [3.8, 4) is 5.75 Å². The summed E-state index contributed by atoms with van der Waals surface area (Å²) >= 11 is 13.6. The fourth-order valence-electron chi connectivity index (χ4n) is 1.45. The van der Waals surface area contributed by atoms with Crippen molar-refractivity contribution in [3.63, 3.8) is 0 Å². The van der Waals surface area contributed by atoms with E-state index in [1.807, 2.05) is 18.2 Å². The molecule has 0 aliphatic rings. The molecule has 2 rings (SSSR count). The number of rotatable bonds is 6. The van der Waals surface area contributed by atoms with Crippen LogP contribution < -0.4 is 10.1 Å². The third-order valence-electron chi connectivity index (χ3n) is 2.33. The van der Waals surface area contributed by atoms with E-state index in [0.29, 0.717) is 22.4 Å². The molecule has 0 spiro atoms. The van der Waals surface area contributed by atoms with Gasteiger partial charge in [0, 0.05) is 18.0 Å². The molecule has 1 aromatic heterocycles. The minimum atomic E-state index is 0.470. The van der Waals surface area contributed by atoms with E-state index in [1.165, 1.54) is 4.88 Å². The van der Waals surface area contributed by atoms with Crippen molar-refractivity contribution in [2.45, 2.75) is 6.54 Å². The standard InChI is InChI=1S/C13H13Cl2NOS/c14-11-4-1-5-12(13(11)15)17-7-6-16-9-10-3-2-8-18-10/h1-5,8,16H,6-7,9H2. The minimum absolute atomic E-state index is 0.470. The van der Waals surface area contributed by atoms with Crippen LogP contribution in [0.3, 0.4) is 0 Å². The highest BCUT2D eigenvalue weighted by Crippen LogP contribution is 2.31.